The SMILES string of the molecule is CCOc1c(Br)cc([C@@H]2[C@H](c3ccccn3)N=C3S[C@@H](C)CN32)cc1OC. The summed E-state index contributed by atoms with van der Waals surface area (Å²) in [6.07, 6.45) is 1.83. The van der Waals surface area contributed by atoms with Crippen LogP contribution in [0.25, 0.3) is 0 Å². The van der Waals surface area contributed by atoms with Crippen LogP contribution >= 0.6 is 27.7 Å². The Morgan fingerprint density at radius 2 is 2.19 bits per heavy atom. The van der Waals surface area contributed by atoms with Crippen molar-refractivity contribution in [3.63, 3.8) is 0 Å². The van der Waals surface area contributed by atoms with Crippen molar-refractivity contribution in [3.05, 3.63) is 52.3 Å². The largest absolute Gasteiger partial charge is 0.493 e. The van der Waals surface area contributed by atoms with Crippen LogP contribution in [0, 0.1) is 0 Å². The van der Waals surface area contributed by atoms with Crippen molar-refractivity contribution < 1.29 is 9.47 Å². The smallest absolute Gasteiger partial charge is 0.175 e. The van der Waals surface area contributed by atoms with E-state index in [2.05, 4.69) is 50.9 Å². The van der Waals surface area contributed by atoms with Crippen LogP contribution in [0.3, 0.4) is 0 Å². The zero-order chi connectivity index (χ0) is 19.0. The molecule has 1 fully saturated rings. The summed E-state index contributed by atoms with van der Waals surface area (Å²) >= 11 is 5.50. The molecule has 0 bridgehead atoms. The van der Waals surface area contributed by atoms with Gasteiger partial charge in [-0.25, -0.2) is 0 Å². The summed E-state index contributed by atoms with van der Waals surface area (Å²) in [7, 11) is 1.68. The molecule has 0 N–H and O–H groups in total. The van der Waals surface area contributed by atoms with E-state index in [1.165, 1.54) is 0 Å². The third-order valence-electron chi connectivity index (χ3n) is 4.76. The Bertz CT molecular complexity index is 862. The number of benzene rings is 1. The number of methoxy groups -OCH3 is 1. The van der Waals surface area contributed by atoms with E-state index in [0.29, 0.717) is 11.9 Å². The summed E-state index contributed by atoms with van der Waals surface area (Å²) in [6.45, 7) is 5.77. The molecule has 1 aromatic carbocycles. The van der Waals surface area contributed by atoms with Crippen LogP contribution in [-0.2, 0) is 0 Å². The Kier molecular flexibility index (Phi) is 5.32. The number of ether oxygens (including phenoxy) is 2. The normalized spacial score (nSPS) is 23.9. The number of halogens is 1. The van der Waals surface area contributed by atoms with E-state index >= 15 is 0 Å². The lowest BCUT2D eigenvalue weighted by Crippen LogP contribution is -2.28. The van der Waals surface area contributed by atoms with Crippen LogP contribution in [0.1, 0.15) is 37.2 Å². The van der Waals surface area contributed by atoms with E-state index in [1.54, 1.807) is 7.11 Å². The Balaban J connectivity index is 1.79. The van der Waals surface area contributed by atoms with E-state index < -0.39 is 0 Å². The van der Waals surface area contributed by atoms with Crippen LogP contribution in [0.4, 0.5) is 0 Å². The van der Waals surface area contributed by atoms with Gasteiger partial charge in [-0.3, -0.25) is 9.98 Å². The second-order valence-corrected chi connectivity index (χ2v) is 8.86. The molecule has 3 atom stereocenters. The van der Waals surface area contributed by atoms with Crippen LogP contribution in [-0.4, -0.2) is 40.6 Å². The second-order valence-electron chi connectivity index (χ2n) is 6.60. The zero-order valence-electron chi connectivity index (χ0n) is 15.6. The highest BCUT2D eigenvalue weighted by Gasteiger charge is 2.43. The Morgan fingerprint density at radius 3 is 2.89 bits per heavy atom. The zero-order valence-corrected chi connectivity index (χ0v) is 18.0. The van der Waals surface area contributed by atoms with Crippen LogP contribution < -0.4 is 9.47 Å². The molecule has 2 aliphatic rings. The first kappa shape index (κ1) is 18.6. The third-order valence-corrected chi connectivity index (χ3v) is 6.45. The Hall–Kier alpha value is -1.73. The number of amidine groups is 1. The van der Waals surface area contributed by atoms with Gasteiger partial charge in [-0.15, -0.1) is 0 Å². The van der Waals surface area contributed by atoms with Gasteiger partial charge in [0, 0.05) is 18.0 Å². The van der Waals surface area contributed by atoms with Crippen LogP contribution in [0.2, 0.25) is 0 Å². The molecule has 2 aliphatic heterocycles. The molecule has 7 heteroatoms. The predicted octanol–water partition coefficient (Wildman–Crippen LogP) is 4.84. The van der Waals surface area contributed by atoms with Gasteiger partial charge in [0.2, 0.25) is 0 Å². The van der Waals surface area contributed by atoms with Crippen molar-refractivity contribution >= 4 is 32.9 Å². The van der Waals surface area contributed by atoms with Gasteiger partial charge >= 0.3 is 0 Å². The van der Waals surface area contributed by atoms with Gasteiger partial charge in [0.1, 0.15) is 6.04 Å². The fourth-order valence-corrected chi connectivity index (χ4v) is 5.34. The van der Waals surface area contributed by atoms with E-state index in [4.69, 9.17) is 14.5 Å². The first-order valence-electron chi connectivity index (χ1n) is 9.04. The number of hydrogen-bond donors (Lipinski definition) is 0. The molecular formula is C20H22BrN3O2S. The molecule has 0 saturated carbocycles. The first-order valence-corrected chi connectivity index (χ1v) is 10.7. The second kappa shape index (κ2) is 7.72. The molecule has 0 spiro atoms. The lowest BCUT2D eigenvalue weighted by molar-refractivity contribution is 0.302. The number of nitrogens with zero attached hydrogens (tertiary/aromatic N) is 3. The van der Waals surface area contributed by atoms with Crippen molar-refractivity contribution in [2.24, 2.45) is 4.99 Å². The molecule has 1 aromatic heterocycles. The van der Waals surface area contributed by atoms with Gasteiger partial charge in [-0.05, 0) is 52.7 Å². The summed E-state index contributed by atoms with van der Waals surface area (Å²) in [4.78, 5) is 12.0. The number of aromatic nitrogens is 1. The van der Waals surface area contributed by atoms with Gasteiger partial charge in [0.25, 0.3) is 0 Å². The van der Waals surface area contributed by atoms with Crippen molar-refractivity contribution in [1.82, 2.24) is 9.88 Å². The number of thioether (sulfide) groups is 1. The molecule has 27 heavy (non-hydrogen) atoms. The highest BCUT2D eigenvalue weighted by atomic mass is 79.9. The molecule has 0 amide bonds. The van der Waals surface area contributed by atoms with Crippen LogP contribution in [0.5, 0.6) is 11.5 Å². The fraction of sp³-hybridized carbons (Fsp3) is 0.400. The molecule has 0 aliphatic carbocycles. The van der Waals surface area contributed by atoms with Gasteiger partial charge in [0.15, 0.2) is 16.7 Å². The molecular weight excluding hydrogens is 426 g/mol. The van der Waals surface area contributed by atoms with E-state index in [9.17, 15) is 0 Å². The maximum absolute atomic E-state index is 5.76. The molecule has 0 radical (unpaired) electrons. The van der Waals surface area contributed by atoms with Crippen molar-refractivity contribution in [2.75, 3.05) is 20.3 Å². The van der Waals surface area contributed by atoms with Crippen molar-refractivity contribution in [3.8, 4) is 11.5 Å². The predicted molar refractivity (Wildman–Crippen MR) is 113 cm³/mol. The molecule has 1 saturated heterocycles. The quantitative estimate of drug-likeness (QED) is 0.655. The number of pyridine rings is 1. The van der Waals surface area contributed by atoms with Crippen molar-refractivity contribution in [2.45, 2.75) is 31.2 Å². The average Bonchev–Trinajstić information content (AvgIpc) is 3.20. The Morgan fingerprint density at radius 1 is 1.33 bits per heavy atom. The number of aliphatic imine (C=N–C) groups is 1. The highest BCUT2D eigenvalue weighted by Crippen LogP contribution is 2.49. The fourth-order valence-electron chi connectivity index (χ4n) is 3.67. The number of rotatable bonds is 5. The van der Waals surface area contributed by atoms with Crippen LogP contribution in [0.15, 0.2) is 46.0 Å². The minimum absolute atomic E-state index is 0.0317. The first-order chi connectivity index (χ1) is 13.1. The van der Waals surface area contributed by atoms with E-state index in [-0.39, 0.29) is 12.1 Å². The van der Waals surface area contributed by atoms with Crippen molar-refractivity contribution in [1.29, 1.82) is 0 Å². The summed E-state index contributed by atoms with van der Waals surface area (Å²) in [5.41, 5.74) is 2.13. The molecule has 3 heterocycles. The molecule has 4 rings (SSSR count). The average molecular weight is 448 g/mol. The number of fused-ring (bicyclic) bond motifs is 1. The summed E-state index contributed by atoms with van der Waals surface area (Å²) in [5.74, 6) is 1.47. The van der Waals surface area contributed by atoms with Gasteiger partial charge in [0.05, 0.1) is 29.9 Å². The van der Waals surface area contributed by atoms with E-state index in [1.807, 2.05) is 37.0 Å². The minimum atomic E-state index is -0.0317. The third kappa shape index (κ3) is 3.43. The standard InChI is InChI=1S/C20H22BrN3O2S/c1-4-26-19-14(21)9-13(10-16(19)25-3)18-17(15-7-5-6-8-22-15)23-20-24(18)11-12(2)27-20/h5-10,12,17-18H,4,11H2,1-3H3/t12-,17-,18+/m0/s1. The maximum atomic E-state index is 5.76. The summed E-state index contributed by atoms with van der Waals surface area (Å²) in [5, 5.41) is 1.64. The topological polar surface area (TPSA) is 47.0 Å². The van der Waals surface area contributed by atoms with E-state index in [0.717, 1.165) is 38.9 Å². The molecule has 2 aromatic rings. The monoisotopic (exact) mass is 447 g/mol. The minimum Gasteiger partial charge on any atom is -0.493 e. The Labute approximate surface area is 172 Å². The summed E-state index contributed by atoms with van der Waals surface area (Å²) < 4.78 is 12.3. The highest BCUT2D eigenvalue weighted by molar-refractivity contribution is 9.10. The number of hydrogen-bond acceptors (Lipinski definition) is 6. The molecule has 5 nitrogen and oxygen atoms in total. The molecule has 0 unspecified atom stereocenters. The molecule has 142 valence electrons. The van der Waals surface area contributed by atoms with Gasteiger partial charge in [-0.1, -0.05) is 24.8 Å². The van der Waals surface area contributed by atoms with Gasteiger partial charge in [-0.2, -0.15) is 0 Å². The lowest BCUT2D eigenvalue weighted by atomic mass is 9.96. The van der Waals surface area contributed by atoms with Gasteiger partial charge < -0.3 is 14.4 Å². The lowest BCUT2D eigenvalue weighted by Gasteiger charge is -2.28. The summed E-state index contributed by atoms with van der Waals surface area (Å²) in [6, 6.07) is 10.3. The maximum Gasteiger partial charge on any atom is 0.175 e.